The zero-order valence-corrected chi connectivity index (χ0v) is 14.3. The molecule has 130 valence electrons. The molecule has 4 saturated carbocycles. The summed E-state index contributed by atoms with van der Waals surface area (Å²) in [5.74, 6) is 3.03. The predicted octanol–water partition coefficient (Wildman–Crippen LogP) is 2.43. The summed E-state index contributed by atoms with van der Waals surface area (Å²) < 4.78 is 0. The monoisotopic (exact) mass is 337 g/mol. The number of rotatable bonds is 4. The first-order valence-corrected chi connectivity index (χ1v) is 9.32. The molecule has 0 aliphatic heterocycles. The van der Waals surface area contributed by atoms with Crippen molar-refractivity contribution >= 4 is 5.91 Å². The number of benzene rings is 1. The first-order valence-electron chi connectivity index (χ1n) is 9.32. The molecule has 25 heavy (non-hydrogen) atoms. The molecule has 0 spiro atoms. The molecule has 4 aliphatic rings. The number of amides is 1. The Bertz CT molecular complexity index is 749. The van der Waals surface area contributed by atoms with E-state index in [9.17, 15) is 4.79 Å². The van der Waals surface area contributed by atoms with Crippen molar-refractivity contribution in [1.82, 2.24) is 25.5 Å². The molecule has 1 aromatic carbocycles. The van der Waals surface area contributed by atoms with E-state index in [0.29, 0.717) is 5.82 Å². The van der Waals surface area contributed by atoms with Crippen LogP contribution in [-0.4, -0.2) is 31.7 Å². The number of hydrogen-bond donors (Lipinski definition) is 1. The van der Waals surface area contributed by atoms with E-state index >= 15 is 0 Å². The van der Waals surface area contributed by atoms with Gasteiger partial charge in [0.1, 0.15) is 6.54 Å². The third-order valence-corrected chi connectivity index (χ3v) is 6.21. The molecule has 6 nitrogen and oxygen atoms in total. The van der Waals surface area contributed by atoms with E-state index in [-0.39, 0.29) is 18.0 Å². The summed E-state index contributed by atoms with van der Waals surface area (Å²) in [6, 6.07) is 9.71. The van der Waals surface area contributed by atoms with Gasteiger partial charge in [-0.25, -0.2) is 0 Å². The molecule has 6 heteroatoms. The summed E-state index contributed by atoms with van der Waals surface area (Å²) >= 11 is 0. The van der Waals surface area contributed by atoms with Crippen LogP contribution in [0.3, 0.4) is 0 Å². The molecule has 4 aliphatic carbocycles. The quantitative estimate of drug-likeness (QED) is 0.930. The first kappa shape index (κ1) is 15.0. The van der Waals surface area contributed by atoms with Crippen LogP contribution in [0.15, 0.2) is 30.3 Å². The van der Waals surface area contributed by atoms with E-state index in [1.165, 1.54) is 24.1 Å². The van der Waals surface area contributed by atoms with E-state index < -0.39 is 0 Å². The Labute approximate surface area is 147 Å². The van der Waals surface area contributed by atoms with Crippen LogP contribution in [0.25, 0.3) is 11.4 Å². The summed E-state index contributed by atoms with van der Waals surface area (Å²) in [4.78, 5) is 14.0. The molecule has 6 rings (SSSR count). The van der Waals surface area contributed by atoms with Gasteiger partial charge in [0.15, 0.2) is 0 Å². The molecular weight excluding hydrogens is 314 g/mol. The Hall–Kier alpha value is -2.24. The van der Waals surface area contributed by atoms with Crippen molar-refractivity contribution < 1.29 is 4.79 Å². The van der Waals surface area contributed by atoms with Crippen LogP contribution in [0.5, 0.6) is 0 Å². The molecule has 1 aromatic heterocycles. The average Bonchev–Trinajstić information content (AvgIpc) is 3.02. The molecule has 0 unspecified atom stereocenters. The maximum atomic E-state index is 12.6. The van der Waals surface area contributed by atoms with Gasteiger partial charge in [0.05, 0.1) is 0 Å². The highest BCUT2D eigenvalue weighted by Gasteiger charge is 2.51. The average molecular weight is 337 g/mol. The largest absolute Gasteiger partial charge is 0.349 e. The van der Waals surface area contributed by atoms with Gasteiger partial charge in [-0.3, -0.25) is 4.79 Å². The SMILES string of the molecule is O=C(Cn1nnc(-c2ccccc2)n1)NC12CC3CC(CC(C3)C1)C2. The van der Waals surface area contributed by atoms with Gasteiger partial charge in [-0.2, -0.15) is 4.80 Å². The van der Waals surface area contributed by atoms with Gasteiger partial charge in [-0.1, -0.05) is 30.3 Å². The lowest BCUT2D eigenvalue weighted by Gasteiger charge is -2.56. The molecule has 0 atom stereocenters. The van der Waals surface area contributed by atoms with Gasteiger partial charge < -0.3 is 5.32 Å². The molecule has 1 N–H and O–H groups in total. The summed E-state index contributed by atoms with van der Waals surface area (Å²) in [7, 11) is 0. The second kappa shape index (κ2) is 5.64. The fraction of sp³-hybridized carbons (Fsp3) is 0.579. The van der Waals surface area contributed by atoms with Crippen LogP contribution in [0.1, 0.15) is 38.5 Å². The Morgan fingerprint density at radius 2 is 1.72 bits per heavy atom. The molecule has 0 radical (unpaired) electrons. The normalized spacial score (nSPS) is 32.7. The number of hydrogen-bond acceptors (Lipinski definition) is 4. The van der Waals surface area contributed by atoms with E-state index in [0.717, 1.165) is 42.6 Å². The zero-order chi connectivity index (χ0) is 16.9. The number of aromatic nitrogens is 4. The maximum absolute atomic E-state index is 12.6. The highest BCUT2D eigenvalue weighted by atomic mass is 16.2. The second-order valence-electron chi connectivity index (χ2n) is 8.26. The van der Waals surface area contributed by atoms with Crippen molar-refractivity contribution in [1.29, 1.82) is 0 Å². The summed E-state index contributed by atoms with van der Waals surface area (Å²) in [6.07, 6.45) is 7.60. The van der Waals surface area contributed by atoms with Crippen LogP contribution in [-0.2, 0) is 11.3 Å². The van der Waals surface area contributed by atoms with E-state index in [1.54, 1.807) is 0 Å². The van der Waals surface area contributed by atoms with Gasteiger partial charge in [-0.15, -0.1) is 10.2 Å². The summed E-state index contributed by atoms with van der Waals surface area (Å²) in [5, 5.41) is 15.8. The van der Waals surface area contributed by atoms with Gasteiger partial charge in [-0.05, 0) is 61.5 Å². The highest BCUT2D eigenvalue weighted by molar-refractivity contribution is 5.76. The maximum Gasteiger partial charge on any atom is 0.244 e. The smallest absolute Gasteiger partial charge is 0.244 e. The van der Waals surface area contributed by atoms with Crippen LogP contribution in [0, 0.1) is 17.8 Å². The molecule has 1 heterocycles. The first-order chi connectivity index (χ1) is 12.2. The van der Waals surface area contributed by atoms with Gasteiger partial charge in [0, 0.05) is 11.1 Å². The number of carbonyl (C=O) groups excluding carboxylic acids is 1. The van der Waals surface area contributed by atoms with Crippen molar-refractivity contribution in [2.24, 2.45) is 17.8 Å². The third-order valence-electron chi connectivity index (χ3n) is 6.21. The Kier molecular flexibility index (Phi) is 3.40. The van der Waals surface area contributed by atoms with Crippen molar-refractivity contribution in [3.63, 3.8) is 0 Å². The molecule has 2 aromatic rings. The Morgan fingerprint density at radius 1 is 1.08 bits per heavy atom. The number of nitrogens with one attached hydrogen (secondary N) is 1. The van der Waals surface area contributed by atoms with E-state index in [2.05, 4.69) is 20.7 Å². The lowest BCUT2D eigenvalue weighted by atomic mass is 9.53. The highest BCUT2D eigenvalue weighted by Crippen LogP contribution is 2.55. The minimum absolute atomic E-state index is 0.0129. The van der Waals surface area contributed by atoms with Crippen LogP contribution in [0.2, 0.25) is 0 Å². The van der Waals surface area contributed by atoms with Crippen molar-refractivity contribution in [3.8, 4) is 11.4 Å². The minimum atomic E-state index is 0.0129. The summed E-state index contributed by atoms with van der Waals surface area (Å²) in [6.45, 7) is 0.140. The predicted molar refractivity (Wildman–Crippen MR) is 92.3 cm³/mol. The molecule has 4 bridgehead atoms. The Balaban J connectivity index is 1.26. The standard InChI is InChI=1S/C19H23N5O/c25-17(12-24-22-18(21-23-24)16-4-2-1-3-5-16)20-19-9-13-6-14(10-19)8-15(7-13)11-19/h1-5,13-15H,6-12H2,(H,20,25). The van der Waals surface area contributed by atoms with Crippen molar-refractivity contribution in [3.05, 3.63) is 30.3 Å². The zero-order valence-electron chi connectivity index (χ0n) is 14.3. The summed E-state index contributed by atoms with van der Waals surface area (Å²) in [5.41, 5.74) is 0.949. The Morgan fingerprint density at radius 3 is 2.36 bits per heavy atom. The molecular formula is C19H23N5O. The lowest BCUT2D eigenvalue weighted by molar-refractivity contribution is -0.127. The van der Waals surface area contributed by atoms with Crippen molar-refractivity contribution in [2.45, 2.75) is 50.6 Å². The molecule has 0 saturated heterocycles. The number of carbonyl (C=O) groups is 1. The third kappa shape index (κ3) is 2.83. The van der Waals surface area contributed by atoms with Gasteiger partial charge in [0.25, 0.3) is 0 Å². The molecule has 1 amide bonds. The fourth-order valence-electron chi connectivity index (χ4n) is 5.74. The lowest BCUT2D eigenvalue weighted by Crippen LogP contribution is -2.60. The van der Waals surface area contributed by atoms with Crippen molar-refractivity contribution in [2.75, 3.05) is 0 Å². The van der Waals surface area contributed by atoms with Crippen LogP contribution in [0.4, 0.5) is 0 Å². The number of tetrazole rings is 1. The van der Waals surface area contributed by atoms with E-state index in [4.69, 9.17) is 0 Å². The van der Waals surface area contributed by atoms with Gasteiger partial charge >= 0.3 is 0 Å². The van der Waals surface area contributed by atoms with Crippen LogP contribution >= 0.6 is 0 Å². The van der Waals surface area contributed by atoms with Crippen LogP contribution < -0.4 is 5.32 Å². The molecule has 4 fully saturated rings. The minimum Gasteiger partial charge on any atom is -0.349 e. The topological polar surface area (TPSA) is 72.7 Å². The van der Waals surface area contributed by atoms with E-state index in [1.807, 2.05) is 30.3 Å². The number of nitrogens with zero attached hydrogens (tertiary/aromatic N) is 4. The second-order valence-corrected chi connectivity index (χ2v) is 8.26. The fourth-order valence-corrected chi connectivity index (χ4v) is 5.74. The van der Waals surface area contributed by atoms with Gasteiger partial charge in [0.2, 0.25) is 11.7 Å².